The average Bonchev–Trinajstić information content (AvgIpc) is 3.13. The van der Waals surface area contributed by atoms with E-state index in [4.69, 9.17) is 23.7 Å². The maximum atomic E-state index is 13.8. The minimum Gasteiger partial charge on any atom is -0.497 e. The molecule has 0 fully saturated rings. The van der Waals surface area contributed by atoms with Gasteiger partial charge in [0.05, 0.1) is 25.7 Å². The van der Waals surface area contributed by atoms with Gasteiger partial charge in [-0.2, -0.15) is 4.98 Å². The van der Waals surface area contributed by atoms with Gasteiger partial charge in [0.1, 0.15) is 12.4 Å². The average molecular weight is 714 g/mol. The number of sulfonamides is 1. The van der Waals surface area contributed by atoms with E-state index >= 15 is 0 Å². The molecule has 0 aliphatic heterocycles. The Morgan fingerprint density at radius 2 is 1.49 bits per heavy atom. The molecule has 0 bridgehead atoms. The van der Waals surface area contributed by atoms with Crippen LogP contribution in [-0.4, -0.2) is 55.1 Å². The Morgan fingerprint density at radius 1 is 0.804 bits per heavy atom. The zero-order valence-corrected chi connectivity index (χ0v) is 29.8. The summed E-state index contributed by atoms with van der Waals surface area (Å²) >= 11 is 0. The molecule has 13 nitrogen and oxygen atoms in total. The monoisotopic (exact) mass is 713 g/mol. The number of esters is 1. The van der Waals surface area contributed by atoms with Crippen molar-refractivity contribution >= 4 is 21.8 Å². The molecule has 3 aromatic carbocycles. The number of anilines is 1. The van der Waals surface area contributed by atoms with Crippen LogP contribution < -0.4 is 23.7 Å². The van der Waals surface area contributed by atoms with E-state index in [-0.39, 0.29) is 71.2 Å². The third kappa shape index (κ3) is 9.69. The molecule has 51 heavy (non-hydrogen) atoms. The van der Waals surface area contributed by atoms with E-state index < -0.39 is 16.0 Å². The molecule has 14 heteroatoms. The predicted molar refractivity (Wildman–Crippen MR) is 190 cm³/mol. The van der Waals surface area contributed by atoms with E-state index in [0.29, 0.717) is 11.5 Å². The fraction of sp³-hybridized carbons (Fsp3) is 0.270. The summed E-state index contributed by atoms with van der Waals surface area (Å²) in [4.78, 5) is 30.0. The number of hydrogen-bond acceptors (Lipinski definition) is 12. The molecule has 0 aliphatic rings. The number of aromatic nitrogens is 4. The van der Waals surface area contributed by atoms with Crippen LogP contribution in [0.4, 0.5) is 5.82 Å². The number of nitrogens with one attached hydrogen (secondary N) is 1. The first-order valence-corrected chi connectivity index (χ1v) is 17.5. The van der Waals surface area contributed by atoms with Crippen LogP contribution in [0.2, 0.25) is 0 Å². The quantitative estimate of drug-likeness (QED) is 0.0900. The highest BCUT2D eigenvalue weighted by Gasteiger charge is 2.26. The second-order valence-corrected chi connectivity index (χ2v) is 13.9. The van der Waals surface area contributed by atoms with E-state index in [9.17, 15) is 13.2 Å². The first-order valence-electron chi connectivity index (χ1n) is 16.0. The van der Waals surface area contributed by atoms with Crippen LogP contribution in [0.3, 0.4) is 0 Å². The third-order valence-electron chi connectivity index (χ3n) is 7.47. The topological polar surface area (TPSA) is 161 Å². The molecular weight excluding hydrogens is 675 g/mol. The minimum absolute atomic E-state index is 0.00508. The van der Waals surface area contributed by atoms with Gasteiger partial charge in [0.15, 0.2) is 23.1 Å². The number of hydrogen-bond donors (Lipinski definition) is 1. The van der Waals surface area contributed by atoms with Gasteiger partial charge in [-0.1, -0.05) is 57.2 Å². The first-order chi connectivity index (χ1) is 24.5. The van der Waals surface area contributed by atoms with E-state index in [0.717, 1.165) is 11.1 Å². The van der Waals surface area contributed by atoms with Gasteiger partial charge in [-0.3, -0.25) is 9.52 Å². The number of ether oxygens (including phenoxy) is 5. The number of benzene rings is 3. The fourth-order valence-corrected chi connectivity index (χ4v) is 5.69. The predicted octanol–water partition coefficient (Wildman–Crippen LogP) is 6.74. The van der Waals surface area contributed by atoms with E-state index in [2.05, 4.69) is 24.7 Å². The lowest BCUT2D eigenvalue weighted by Crippen LogP contribution is -2.17. The normalized spacial score (nSPS) is 11.4. The maximum absolute atomic E-state index is 13.8. The molecule has 0 aliphatic carbocycles. The van der Waals surface area contributed by atoms with Gasteiger partial charge in [-0.25, -0.2) is 23.4 Å². The Morgan fingerprint density at radius 3 is 2.14 bits per heavy atom. The second kappa shape index (κ2) is 16.3. The Balaban J connectivity index is 1.44. The van der Waals surface area contributed by atoms with Crippen molar-refractivity contribution in [2.24, 2.45) is 0 Å². The van der Waals surface area contributed by atoms with Crippen LogP contribution >= 0.6 is 0 Å². The summed E-state index contributed by atoms with van der Waals surface area (Å²) < 4.78 is 58.5. The maximum Gasteiger partial charge on any atom is 0.306 e. The zero-order valence-electron chi connectivity index (χ0n) is 29.0. The molecule has 266 valence electrons. The van der Waals surface area contributed by atoms with Crippen LogP contribution in [-0.2, 0) is 31.6 Å². The van der Waals surface area contributed by atoms with E-state index in [1.165, 1.54) is 31.6 Å². The molecule has 0 saturated carbocycles. The van der Waals surface area contributed by atoms with Gasteiger partial charge < -0.3 is 23.7 Å². The van der Waals surface area contributed by atoms with Crippen molar-refractivity contribution in [2.45, 2.75) is 50.5 Å². The number of carbonyl (C=O) groups is 1. The molecule has 2 aromatic heterocycles. The van der Waals surface area contributed by atoms with E-state index in [1.807, 2.05) is 32.9 Å². The Bertz CT molecular complexity index is 2040. The second-order valence-electron chi connectivity index (χ2n) is 12.2. The van der Waals surface area contributed by atoms with Gasteiger partial charge in [0.25, 0.3) is 15.9 Å². The van der Waals surface area contributed by atoms with Crippen molar-refractivity contribution in [1.29, 1.82) is 0 Å². The van der Waals surface area contributed by atoms with Gasteiger partial charge in [0.2, 0.25) is 11.6 Å². The summed E-state index contributed by atoms with van der Waals surface area (Å²) in [5, 5.41) is 0. The molecule has 0 atom stereocenters. The van der Waals surface area contributed by atoms with Gasteiger partial charge >= 0.3 is 5.97 Å². The molecule has 5 rings (SSSR count). The smallest absolute Gasteiger partial charge is 0.306 e. The zero-order chi connectivity index (χ0) is 36.4. The largest absolute Gasteiger partial charge is 0.497 e. The highest BCUT2D eigenvalue weighted by Crippen LogP contribution is 2.41. The lowest BCUT2D eigenvalue weighted by molar-refractivity contribution is -0.145. The standard InChI is InChI=1S/C37H39N5O8S/c1-37(2,3)26-15-19-28(20-16-26)51(44,45)42-33-32(50-30-11-7-6-10-29(30)47-5)36(41-35(40-33)34-38-21-9-22-39-34)48-23-8-12-31(43)49-24-25-13-17-27(46-4)18-14-25/h6-7,9-11,13-22H,8,12,23-24H2,1-5H3,(H,40,41,42). The van der Waals surface area contributed by atoms with Crippen molar-refractivity contribution in [1.82, 2.24) is 19.9 Å². The summed E-state index contributed by atoms with van der Waals surface area (Å²) in [5.74, 6) is 0.481. The van der Waals surface area contributed by atoms with Crippen LogP contribution in [0, 0.1) is 0 Å². The Kier molecular flexibility index (Phi) is 11.7. The van der Waals surface area contributed by atoms with Crippen molar-refractivity contribution in [3.8, 4) is 40.5 Å². The third-order valence-corrected chi connectivity index (χ3v) is 8.82. The summed E-state index contributed by atoms with van der Waals surface area (Å²) in [6, 6.07) is 22.2. The molecule has 0 radical (unpaired) electrons. The van der Waals surface area contributed by atoms with Gasteiger partial charge in [0, 0.05) is 18.8 Å². The van der Waals surface area contributed by atoms with Crippen LogP contribution in [0.15, 0.2) is 96.2 Å². The molecule has 0 saturated heterocycles. The molecule has 0 amide bonds. The Hall–Kier alpha value is -5.76. The van der Waals surface area contributed by atoms with Crippen LogP contribution in [0.25, 0.3) is 11.6 Å². The number of para-hydroxylation sites is 2. The summed E-state index contributed by atoms with van der Waals surface area (Å²) in [6.07, 6.45) is 3.30. The molecular formula is C37H39N5O8S. The van der Waals surface area contributed by atoms with Crippen molar-refractivity contribution in [3.63, 3.8) is 0 Å². The molecule has 5 aromatic rings. The summed E-state index contributed by atoms with van der Waals surface area (Å²) in [5.41, 5.74) is 1.60. The summed E-state index contributed by atoms with van der Waals surface area (Å²) in [7, 11) is -1.15. The van der Waals surface area contributed by atoms with E-state index in [1.54, 1.807) is 61.7 Å². The van der Waals surface area contributed by atoms with Gasteiger partial charge in [-0.05, 0) is 65.4 Å². The summed E-state index contributed by atoms with van der Waals surface area (Å²) in [6.45, 7) is 6.22. The van der Waals surface area contributed by atoms with Crippen molar-refractivity contribution in [3.05, 3.63) is 102 Å². The van der Waals surface area contributed by atoms with Crippen LogP contribution in [0.1, 0.15) is 44.7 Å². The van der Waals surface area contributed by atoms with Crippen molar-refractivity contribution < 1.29 is 36.9 Å². The lowest BCUT2D eigenvalue weighted by atomic mass is 9.87. The number of nitrogens with zero attached hydrogens (tertiary/aromatic N) is 4. The molecule has 2 heterocycles. The highest BCUT2D eigenvalue weighted by molar-refractivity contribution is 7.92. The minimum atomic E-state index is -4.21. The number of rotatable bonds is 15. The number of carbonyl (C=O) groups excluding carboxylic acids is 1. The van der Waals surface area contributed by atoms with Crippen molar-refractivity contribution in [2.75, 3.05) is 25.5 Å². The lowest BCUT2D eigenvalue weighted by Gasteiger charge is -2.20. The Labute approximate surface area is 297 Å². The van der Waals surface area contributed by atoms with Crippen LogP contribution in [0.5, 0.6) is 28.9 Å². The molecule has 0 unspecified atom stereocenters. The first kappa shape index (κ1) is 36.5. The molecule has 1 N–H and O–H groups in total. The van der Waals surface area contributed by atoms with Gasteiger partial charge in [-0.15, -0.1) is 0 Å². The fourth-order valence-electron chi connectivity index (χ4n) is 4.68. The number of methoxy groups -OCH3 is 2. The highest BCUT2D eigenvalue weighted by atomic mass is 32.2. The SMILES string of the molecule is COc1ccc(COC(=O)CCCOc2nc(-c3ncccn3)nc(NS(=O)(=O)c3ccc(C(C)(C)C)cc3)c2Oc2ccccc2OC)cc1. The molecule has 0 spiro atoms.